The summed E-state index contributed by atoms with van der Waals surface area (Å²) in [6.45, 7) is 3.55. The van der Waals surface area contributed by atoms with Gasteiger partial charge in [0.25, 0.3) is 0 Å². The van der Waals surface area contributed by atoms with E-state index in [9.17, 15) is 4.79 Å². The number of Topliss-reactive ketones (excluding diaryl/α,β-unsaturated/α-hetero) is 1. The van der Waals surface area contributed by atoms with Gasteiger partial charge in [-0.25, -0.2) is 4.98 Å². The van der Waals surface area contributed by atoms with Crippen molar-refractivity contribution in [3.63, 3.8) is 0 Å². The molecule has 4 rings (SSSR count). The summed E-state index contributed by atoms with van der Waals surface area (Å²) >= 11 is 0. The summed E-state index contributed by atoms with van der Waals surface area (Å²) in [5, 5.41) is 0. The third-order valence-electron chi connectivity index (χ3n) is 5.28. The van der Waals surface area contributed by atoms with E-state index in [1.807, 2.05) is 18.6 Å². The molecule has 1 atom stereocenters. The Bertz CT molecular complexity index is 770. The fraction of sp³-hybridized carbons (Fsp3) is 0.400. The van der Waals surface area contributed by atoms with E-state index in [-0.39, 0.29) is 12.0 Å². The first kappa shape index (κ1) is 15.3. The number of carbonyl (C=O) groups excluding carboxylic acids is 1. The number of hydrogen-bond donors (Lipinski definition) is 0. The van der Waals surface area contributed by atoms with Gasteiger partial charge in [0.15, 0.2) is 0 Å². The van der Waals surface area contributed by atoms with E-state index in [1.165, 1.54) is 16.7 Å². The van der Waals surface area contributed by atoms with Crippen molar-refractivity contribution in [2.24, 2.45) is 5.92 Å². The first-order chi connectivity index (χ1) is 11.8. The van der Waals surface area contributed by atoms with Gasteiger partial charge in [-0.05, 0) is 36.5 Å². The summed E-state index contributed by atoms with van der Waals surface area (Å²) in [6, 6.07) is 10.5. The van der Waals surface area contributed by atoms with Crippen molar-refractivity contribution in [2.45, 2.75) is 32.2 Å². The van der Waals surface area contributed by atoms with Crippen LogP contribution in [0.25, 0.3) is 11.1 Å². The van der Waals surface area contributed by atoms with Gasteiger partial charge in [-0.15, -0.1) is 0 Å². The van der Waals surface area contributed by atoms with Crippen LogP contribution in [-0.2, 0) is 9.53 Å². The molecule has 4 nitrogen and oxygen atoms in total. The number of rotatable bonds is 4. The van der Waals surface area contributed by atoms with Crippen molar-refractivity contribution in [1.29, 1.82) is 0 Å². The predicted octanol–water partition coefficient (Wildman–Crippen LogP) is 3.75. The summed E-state index contributed by atoms with van der Waals surface area (Å²) in [5.74, 6) is 0.495. The largest absolute Gasteiger partial charge is 0.381 e. The molecule has 2 aliphatic rings. The molecule has 24 heavy (non-hydrogen) atoms. The molecule has 1 saturated heterocycles. The maximum atomic E-state index is 12.9. The molecule has 0 amide bonds. The molecule has 1 fully saturated rings. The highest BCUT2D eigenvalue weighted by atomic mass is 16.5. The van der Waals surface area contributed by atoms with Crippen LogP contribution in [0, 0.1) is 5.92 Å². The predicted molar refractivity (Wildman–Crippen MR) is 93.4 cm³/mol. The van der Waals surface area contributed by atoms with Gasteiger partial charge in [0.05, 0.1) is 24.3 Å². The van der Waals surface area contributed by atoms with Gasteiger partial charge in [-0.1, -0.05) is 30.3 Å². The number of benzene rings is 1. The molecule has 3 heterocycles. The Labute approximate surface area is 142 Å². The monoisotopic (exact) mass is 322 g/mol. The first-order valence-electron chi connectivity index (χ1n) is 8.64. The molecular formula is C20H22N2O2. The Balaban J connectivity index is 1.66. The number of ether oxygens (including phenoxy) is 1. The standard InChI is InChI=1S/C20H22N2O2/c1-14-18-12-21-13-22(18)17(20(14)16-5-3-2-4-6-16)11-19(23)15-7-9-24-10-8-15/h2-6,12-13,15,17H,7-11H2,1H3. The smallest absolute Gasteiger partial charge is 0.138 e. The highest BCUT2D eigenvalue weighted by Gasteiger charge is 2.33. The Hall–Kier alpha value is -2.20. The Morgan fingerprint density at radius 3 is 2.75 bits per heavy atom. The number of aromatic nitrogens is 2. The van der Waals surface area contributed by atoms with E-state index in [2.05, 4.69) is 40.7 Å². The highest BCUT2D eigenvalue weighted by molar-refractivity contribution is 5.96. The summed E-state index contributed by atoms with van der Waals surface area (Å²) in [6.07, 6.45) is 6.00. The fourth-order valence-electron chi connectivity index (χ4n) is 3.97. The quantitative estimate of drug-likeness (QED) is 0.861. The van der Waals surface area contributed by atoms with Crippen molar-refractivity contribution >= 4 is 16.9 Å². The first-order valence-corrected chi connectivity index (χ1v) is 8.64. The summed E-state index contributed by atoms with van der Waals surface area (Å²) in [5.41, 5.74) is 4.80. The van der Waals surface area contributed by atoms with E-state index >= 15 is 0 Å². The Kier molecular flexibility index (Phi) is 4.07. The Morgan fingerprint density at radius 1 is 1.25 bits per heavy atom. The number of imidazole rings is 1. The molecule has 0 radical (unpaired) electrons. The summed E-state index contributed by atoms with van der Waals surface area (Å²) in [4.78, 5) is 17.1. The number of fused-ring (bicyclic) bond motifs is 1. The third kappa shape index (κ3) is 2.61. The lowest BCUT2D eigenvalue weighted by molar-refractivity contribution is -0.126. The molecule has 1 aromatic carbocycles. The van der Waals surface area contributed by atoms with Crippen LogP contribution >= 0.6 is 0 Å². The normalized spacial score (nSPS) is 21.1. The van der Waals surface area contributed by atoms with Crippen LogP contribution in [0.15, 0.2) is 42.9 Å². The maximum absolute atomic E-state index is 12.9. The second-order valence-corrected chi connectivity index (χ2v) is 6.66. The molecule has 4 heteroatoms. The lowest BCUT2D eigenvalue weighted by Gasteiger charge is -2.24. The second-order valence-electron chi connectivity index (χ2n) is 6.66. The molecule has 0 N–H and O–H groups in total. The van der Waals surface area contributed by atoms with Crippen LogP contribution in [-0.4, -0.2) is 28.5 Å². The summed E-state index contributed by atoms with van der Waals surface area (Å²) < 4.78 is 7.56. The third-order valence-corrected chi connectivity index (χ3v) is 5.28. The molecule has 0 saturated carbocycles. The zero-order chi connectivity index (χ0) is 16.5. The van der Waals surface area contributed by atoms with E-state index < -0.39 is 0 Å². The van der Waals surface area contributed by atoms with Gasteiger partial charge < -0.3 is 9.30 Å². The minimum atomic E-state index is 0.0558. The lowest BCUT2D eigenvalue weighted by Crippen LogP contribution is -2.25. The van der Waals surface area contributed by atoms with Gasteiger partial charge in [-0.3, -0.25) is 4.79 Å². The van der Waals surface area contributed by atoms with Crippen LogP contribution in [0.4, 0.5) is 0 Å². The van der Waals surface area contributed by atoms with Crippen LogP contribution < -0.4 is 0 Å². The number of allylic oxidation sites excluding steroid dienone is 2. The van der Waals surface area contributed by atoms with Crippen molar-refractivity contribution < 1.29 is 9.53 Å². The van der Waals surface area contributed by atoms with E-state index in [0.717, 1.165) is 18.5 Å². The second kappa shape index (κ2) is 6.36. The zero-order valence-corrected chi connectivity index (χ0v) is 13.9. The lowest BCUT2D eigenvalue weighted by atomic mass is 9.87. The highest BCUT2D eigenvalue weighted by Crippen LogP contribution is 2.44. The van der Waals surface area contributed by atoms with Crippen molar-refractivity contribution in [3.8, 4) is 0 Å². The zero-order valence-electron chi connectivity index (χ0n) is 13.9. The summed E-state index contributed by atoms with van der Waals surface area (Å²) in [7, 11) is 0. The maximum Gasteiger partial charge on any atom is 0.138 e. The Morgan fingerprint density at radius 2 is 2.00 bits per heavy atom. The fourth-order valence-corrected chi connectivity index (χ4v) is 3.97. The van der Waals surface area contributed by atoms with Gasteiger partial charge in [0, 0.05) is 25.6 Å². The van der Waals surface area contributed by atoms with E-state index in [4.69, 9.17) is 4.74 Å². The van der Waals surface area contributed by atoms with Crippen molar-refractivity contribution in [3.05, 3.63) is 54.1 Å². The van der Waals surface area contributed by atoms with Crippen LogP contribution in [0.5, 0.6) is 0 Å². The van der Waals surface area contributed by atoms with E-state index in [0.29, 0.717) is 25.4 Å². The van der Waals surface area contributed by atoms with Crippen LogP contribution in [0.1, 0.15) is 43.5 Å². The molecule has 1 unspecified atom stereocenters. The van der Waals surface area contributed by atoms with Crippen LogP contribution in [0.2, 0.25) is 0 Å². The minimum Gasteiger partial charge on any atom is -0.381 e. The average Bonchev–Trinajstić information content (AvgIpc) is 3.20. The SMILES string of the molecule is CC1=C(c2ccccc2)C(CC(=O)C2CCOCC2)n2cncc21. The van der Waals surface area contributed by atoms with E-state index in [1.54, 1.807) is 0 Å². The molecule has 2 aliphatic heterocycles. The average molecular weight is 322 g/mol. The number of carbonyl (C=O) groups is 1. The molecule has 124 valence electrons. The minimum absolute atomic E-state index is 0.0558. The molecule has 0 aliphatic carbocycles. The van der Waals surface area contributed by atoms with Crippen molar-refractivity contribution in [2.75, 3.05) is 13.2 Å². The number of hydrogen-bond acceptors (Lipinski definition) is 3. The number of nitrogens with zero attached hydrogens (tertiary/aromatic N) is 2. The topological polar surface area (TPSA) is 44.1 Å². The molecular weight excluding hydrogens is 300 g/mol. The van der Waals surface area contributed by atoms with Crippen molar-refractivity contribution in [1.82, 2.24) is 9.55 Å². The molecule has 1 aromatic heterocycles. The molecule has 0 bridgehead atoms. The van der Waals surface area contributed by atoms with Gasteiger partial charge in [0.1, 0.15) is 5.78 Å². The molecule has 2 aromatic rings. The van der Waals surface area contributed by atoms with Gasteiger partial charge >= 0.3 is 0 Å². The van der Waals surface area contributed by atoms with Gasteiger partial charge in [-0.2, -0.15) is 0 Å². The molecule has 0 spiro atoms. The van der Waals surface area contributed by atoms with Gasteiger partial charge in [0.2, 0.25) is 0 Å². The number of ketones is 1. The van der Waals surface area contributed by atoms with Crippen LogP contribution in [0.3, 0.4) is 0 Å².